The maximum Gasteiger partial charge on any atom is 0.141 e. The molecule has 1 aromatic heterocycles. The normalized spacial score (nSPS) is 11.8. The molecule has 0 saturated carbocycles. The number of hydrogen-bond donors (Lipinski definition) is 1. The van der Waals surface area contributed by atoms with Gasteiger partial charge in [-0.05, 0) is 12.1 Å². The van der Waals surface area contributed by atoms with Gasteiger partial charge in [0, 0.05) is 6.20 Å². The quantitative estimate of drug-likeness (QED) is 0.739. The summed E-state index contributed by atoms with van der Waals surface area (Å²) < 4.78 is 5.01. The Balaban J connectivity index is 3.05. The van der Waals surface area contributed by atoms with Gasteiger partial charge in [0.15, 0.2) is 0 Å². The second-order valence-corrected chi connectivity index (χ2v) is 2.46. The predicted octanol–water partition coefficient (Wildman–Crippen LogP) is 0.690. The minimum Gasteiger partial charge on any atom is -0.495 e. The van der Waals surface area contributed by atoms with Crippen molar-refractivity contribution in [1.82, 2.24) is 4.98 Å². The lowest BCUT2D eigenvalue weighted by atomic mass is 10.1. The van der Waals surface area contributed by atoms with E-state index in [4.69, 9.17) is 15.1 Å². The van der Waals surface area contributed by atoms with Crippen molar-refractivity contribution in [3.05, 3.63) is 24.0 Å². The number of ether oxygens (including phenoxy) is 1. The Hall–Kier alpha value is -1.60. The van der Waals surface area contributed by atoms with E-state index in [0.29, 0.717) is 11.4 Å². The second-order valence-electron chi connectivity index (χ2n) is 2.46. The van der Waals surface area contributed by atoms with Crippen LogP contribution in [0.2, 0.25) is 0 Å². The molecule has 0 aliphatic heterocycles. The van der Waals surface area contributed by atoms with Gasteiger partial charge in [-0.2, -0.15) is 5.26 Å². The largest absolute Gasteiger partial charge is 0.495 e. The third-order valence-corrected chi connectivity index (χ3v) is 1.69. The van der Waals surface area contributed by atoms with Crippen molar-refractivity contribution in [2.75, 3.05) is 13.7 Å². The first-order valence-corrected chi connectivity index (χ1v) is 3.82. The van der Waals surface area contributed by atoms with Crippen LogP contribution in [0.15, 0.2) is 18.3 Å². The Morgan fingerprint density at radius 1 is 1.77 bits per heavy atom. The third kappa shape index (κ3) is 1.95. The van der Waals surface area contributed by atoms with Crippen LogP contribution >= 0.6 is 0 Å². The molecule has 0 spiro atoms. The Bertz CT molecular complexity index is 320. The van der Waals surface area contributed by atoms with Crippen LogP contribution in [-0.4, -0.2) is 23.8 Å². The van der Waals surface area contributed by atoms with Crippen LogP contribution in [0.4, 0.5) is 0 Å². The molecule has 1 N–H and O–H groups in total. The van der Waals surface area contributed by atoms with Gasteiger partial charge in [0.05, 0.1) is 19.8 Å². The van der Waals surface area contributed by atoms with Crippen LogP contribution in [0, 0.1) is 11.3 Å². The highest BCUT2D eigenvalue weighted by molar-refractivity contribution is 5.33. The fourth-order valence-corrected chi connectivity index (χ4v) is 1.03. The first-order valence-electron chi connectivity index (χ1n) is 3.82. The first-order chi connectivity index (χ1) is 6.33. The summed E-state index contributed by atoms with van der Waals surface area (Å²) in [6, 6.07) is 5.38. The maximum absolute atomic E-state index is 8.88. The first kappa shape index (κ1) is 9.49. The zero-order valence-electron chi connectivity index (χ0n) is 7.27. The molecule has 0 aliphatic rings. The summed E-state index contributed by atoms with van der Waals surface area (Å²) in [5.41, 5.74) is 0.481. The van der Waals surface area contributed by atoms with Gasteiger partial charge >= 0.3 is 0 Å². The van der Waals surface area contributed by atoms with E-state index in [0.717, 1.165) is 0 Å². The van der Waals surface area contributed by atoms with Crippen LogP contribution < -0.4 is 4.74 Å². The molecular formula is C9H10N2O2. The highest BCUT2D eigenvalue weighted by Gasteiger charge is 2.15. The number of rotatable bonds is 3. The molecular weight excluding hydrogens is 168 g/mol. The van der Waals surface area contributed by atoms with E-state index in [2.05, 4.69) is 4.98 Å². The van der Waals surface area contributed by atoms with Gasteiger partial charge < -0.3 is 9.84 Å². The summed E-state index contributed by atoms with van der Waals surface area (Å²) in [7, 11) is 1.51. The van der Waals surface area contributed by atoms with Crippen LogP contribution in [0.5, 0.6) is 5.75 Å². The predicted molar refractivity (Wildman–Crippen MR) is 46.2 cm³/mol. The van der Waals surface area contributed by atoms with Crippen molar-refractivity contribution in [2.45, 2.75) is 5.92 Å². The van der Waals surface area contributed by atoms with E-state index >= 15 is 0 Å². The van der Waals surface area contributed by atoms with Gasteiger partial charge in [-0.3, -0.25) is 4.98 Å². The van der Waals surface area contributed by atoms with Gasteiger partial charge in [0.25, 0.3) is 0 Å². The molecule has 68 valence electrons. The molecule has 13 heavy (non-hydrogen) atoms. The van der Waals surface area contributed by atoms with Gasteiger partial charge in [-0.1, -0.05) is 0 Å². The number of hydrogen-bond acceptors (Lipinski definition) is 4. The molecule has 0 fully saturated rings. The summed E-state index contributed by atoms with van der Waals surface area (Å²) in [5.74, 6) is -0.0840. The van der Waals surface area contributed by atoms with E-state index in [1.165, 1.54) is 7.11 Å². The summed E-state index contributed by atoms with van der Waals surface area (Å²) in [5, 5.41) is 17.6. The Morgan fingerprint density at radius 3 is 3.08 bits per heavy atom. The SMILES string of the molecule is COc1cccnc1C(C#N)CO. The summed E-state index contributed by atoms with van der Waals surface area (Å²) in [4.78, 5) is 3.98. The zero-order valence-corrected chi connectivity index (χ0v) is 7.27. The Kier molecular flexibility index (Phi) is 3.23. The van der Waals surface area contributed by atoms with Crippen LogP contribution in [0.3, 0.4) is 0 Å². The molecule has 1 rings (SSSR count). The lowest BCUT2D eigenvalue weighted by Crippen LogP contribution is -2.05. The number of aliphatic hydroxyl groups excluding tert-OH is 1. The lowest BCUT2D eigenvalue weighted by Gasteiger charge is -2.08. The molecule has 1 heterocycles. The van der Waals surface area contributed by atoms with Crippen molar-refractivity contribution < 1.29 is 9.84 Å². The number of pyridine rings is 1. The van der Waals surface area contributed by atoms with Crippen molar-refractivity contribution in [1.29, 1.82) is 5.26 Å². The number of aliphatic hydroxyl groups is 1. The van der Waals surface area contributed by atoms with E-state index in [1.807, 2.05) is 6.07 Å². The number of nitriles is 1. The molecule has 4 heteroatoms. The standard InChI is InChI=1S/C9H10N2O2/c1-13-8-3-2-4-11-9(8)7(5-10)6-12/h2-4,7,12H,6H2,1H3. The van der Waals surface area contributed by atoms with Crippen LogP contribution in [0.1, 0.15) is 11.6 Å². The number of methoxy groups -OCH3 is 1. The van der Waals surface area contributed by atoms with E-state index < -0.39 is 5.92 Å². The molecule has 1 aromatic rings. The molecule has 0 amide bonds. The number of aromatic nitrogens is 1. The fraction of sp³-hybridized carbons (Fsp3) is 0.333. The minimum absolute atomic E-state index is 0.246. The molecule has 0 aliphatic carbocycles. The second kappa shape index (κ2) is 4.43. The maximum atomic E-state index is 8.88. The smallest absolute Gasteiger partial charge is 0.141 e. The fourth-order valence-electron chi connectivity index (χ4n) is 1.03. The topological polar surface area (TPSA) is 66.1 Å². The Labute approximate surface area is 76.4 Å². The monoisotopic (exact) mass is 178 g/mol. The van der Waals surface area contributed by atoms with E-state index in [1.54, 1.807) is 18.3 Å². The molecule has 0 radical (unpaired) electrons. The van der Waals surface area contributed by atoms with Crippen molar-refractivity contribution in [3.8, 4) is 11.8 Å². The van der Waals surface area contributed by atoms with Crippen LogP contribution in [-0.2, 0) is 0 Å². The van der Waals surface area contributed by atoms with Crippen molar-refractivity contribution in [2.24, 2.45) is 0 Å². The van der Waals surface area contributed by atoms with Crippen molar-refractivity contribution in [3.63, 3.8) is 0 Å². The summed E-state index contributed by atoms with van der Waals surface area (Å²) in [6.07, 6.45) is 1.57. The Morgan fingerprint density at radius 2 is 2.54 bits per heavy atom. The van der Waals surface area contributed by atoms with Gasteiger partial charge in [0.2, 0.25) is 0 Å². The highest BCUT2D eigenvalue weighted by atomic mass is 16.5. The van der Waals surface area contributed by atoms with Crippen molar-refractivity contribution >= 4 is 0 Å². The van der Waals surface area contributed by atoms with Gasteiger partial charge in [0.1, 0.15) is 17.4 Å². The average Bonchev–Trinajstić information content (AvgIpc) is 2.20. The minimum atomic E-state index is -0.615. The molecule has 0 bridgehead atoms. The van der Waals surface area contributed by atoms with Gasteiger partial charge in [-0.15, -0.1) is 0 Å². The third-order valence-electron chi connectivity index (χ3n) is 1.69. The average molecular weight is 178 g/mol. The lowest BCUT2D eigenvalue weighted by molar-refractivity contribution is 0.280. The molecule has 0 aromatic carbocycles. The summed E-state index contributed by atoms with van der Waals surface area (Å²) in [6.45, 7) is -0.246. The van der Waals surface area contributed by atoms with Gasteiger partial charge in [-0.25, -0.2) is 0 Å². The molecule has 4 nitrogen and oxygen atoms in total. The van der Waals surface area contributed by atoms with E-state index in [9.17, 15) is 0 Å². The summed E-state index contributed by atoms with van der Waals surface area (Å²) >= 11 is 0. The molecule has 0 saturated heterocycles. The molecule has 1 unspecified atom stereocenters. The van der Waals surface area contributed by atoms with Crippen LogP contribution in [0.25, 0.3) is 0 Å². The van der Waals surface area contributed by atoms with E-state index in [-0.39, 0.29) is 6.61 Å². The number of nitrogens with zero attached hydrogens (tertiary/aromatic N) is 2. The zero-order chi connectivity index (χ0) is 9.68. The highest BCUT2D eigenvalue weighted by Crippen LogP contribution is 2.22. The molecule has 1 atom stereocenters.